The van der Waals surface area contributed by atoms with Crippen LogP contribution in [0.1, 0.15) is 23.6 Å². The fourth-order valence-corrected chi connectivity index (χ4v) is 4.58. The number of benzene rings is 2. The van der Waals surface area contributed by atoms with Crippen molar-refractivity contribution in [3.8, 4) is 17.2 Å². The van der Waals surface area contributed by atoms with E-state index >= 15 is 0 Å². The number of aliphatic hydroxyl groups excluding tert-OH is 1. The van der Waals surface area contributed by atoms with Gasteiger partial charge in [-0.3, -0.25) is 9.59 Å². The lowest BCUT2D eigenvalue weighted by Crippen LogP contribution is -2.31. The fraction of sp³-hybridized carbons (Fsp3) is 0.250. The molecule has 1 fully saturated rings. The van der Waals surface area contributed by atoms with Crippen molar-refractivity contribution in [1.82, 2.24) is 14.5 Å². The van der Waals surface area contributed by atoms with Gasteiger partial charge < -0.3 is 28.8 Å². The number of likely N-dealkylation sites (tertiary alicyclic amines) is 1. The molecule has 1 N–H and O–H groups in total. The van der Waals surface area contributed by atoms with Crippen LogP contribution in [0.2, 0.25) is 0 Å². The number of aliphatic hydroxyl groups is 1. The highest BCUT2D eigenvalue weighted by Crippen LogP contribution is 2.41. The van der Waals surface area contributed by atoms with Crippen LogP contribution < -0.4 is 14.2 Å². The zero-order valence-corrected chi connectivity index (χ0v) is 20.2. The Morgan fingerprint density at radius 3 is 2.76 bits per heavy atom. The summed E-state index contributed by atoms with van der Waals surface area (Å²) in [6.45, 7) is 5.74. The van der Waals surface area contributed by atoms with E-state index in [9.17, 15) is 14.7 Å². The van der Waals surface area contributed by atoms with Gasteiger partial charge in [-0.15, -0.1) is 0 Å². The van der Waals surface area contributed by atoms with Gasteiger partial charge in [-0.1, -0.05) is 24.8 Å². The minimum absolute atomic E-state index is 0.0187. The van der Waals surface area contributed by atoms with Crippen molar-refractivity contribution < 1.29 is 28.9 Å². The standard InChI is InChI=1S/C28H27N3O6/c1-2-13-35-21-6-3-5-19(16-21)25-24(26(32)20-7-8-22-23(17-20)37-15-14-36-22)27(33)28(34)31(25)11-4-10-30-12-9-29-18-30/h2-3,5-9,12,16-18,25,32H,1,4,10-11,13-15H2/b26-24+. The van der Waals surface area contributed by atoms with Gasteiger partial charge in [-0.05, 0) is 42.3 Å². The summed E-state index contributed by atoms with van der Waals surface area (Å²) in [5, 5.41) is 11.4. The average molecular weight is 502 g/mol. The number of fused-ring (bicyclic) bond motifs is 1. The van der Waals surface area contributed by atoms with Crippen LogP contribution in [0, 0.1) is 0 Å². The summed E-state index contributed by atoms with van der Waals surface area (Å²) in [7, 11) is 0. The number of ketones is 1. The second-order valence-electron chi connectivity index (χ2n) is 8.68. The van der Waals surface area contributed by atoms with E-state index in [1.807, 2.05) is 16.8 Å². The Kier molecular flexibility index (Phi) is 6.93. The van der Waals surface area contributed by atoms with Crippen LogP contribution in [0.15, 0.2) is 79.4 Å². The first-order valence-electron chi connectivity index (χ1n) is 12.0. The summed E-state index contributed by atoms with van der Waals surface area (Å²) in [5.74, 6) is -0.0623. The average Bonchev–Trinajstić information content (AvgIpc) is 3.54. The van der Waals surface area contributed by atoms with Crippen LogP contribution in [0.25, 0.3) is 5.76 Å². The molecule has 2 aliphatic heterocycles. The summed E-state index contributed by atoms with van der Waals surface area (Å²) in [4.78, 5) is 32.1. The van der Waals surface area contributed by atoms with Crippen molar-refractivity contribution >= 4 is 17.4 Å². The lowest BCUT2D eigenvalue weighted by molar-refractivity contribution is -0.139. The molecule has 3 aromatic rings. The number of carbonyl (C=O) groups excluding carboxylic acids is 2. The van der Waals surface area contributed by atoms with Gasteiger partial charge in [-0.2, -0.15) is 0 Å². The van der Waals surface area contributed by atoms with Gasteiger partial charge in [0.2, 0.25) is 0 Å². The first kappa shape index (κ1) is 24.2. The topological polar surface area (TPSA) is 103 Å². The first-order chi connectivity index (χ1) is 18.1. The monoisotopic (exact) mass is 501 g/mol. The first-order valence-corrected chi connectivity index (χ1v) is 12.0. The number of carbonyl (C=O) groups is 2. The number of hydrogen-bond acceptors (Lipinski definition) is 7. The van der Waals surface area contributed by atoms with E-state index in [4.69, 9.17) is 14.2 Å². The highest BCUT2D eigenvalue weighted by molar-refractivity contribution is 6.46. The van der Waals surface area contributed by atoms with Gasteiger partial charge in [0.05, 0.1) is 17.9 Å². The molecule has 0 radical (unpaired) electrons. The van der Waals surface area contributed by atoms with Gasteiger partial charge in [0.1, 0.15) is 31.3 Å². The van der Waals surface area contributed by atoms with Gasteiger partial charge in [0.25, 0.3) is 11.7 Å². The number of aryl methyl sites for hydroxylation is 1. The van der Waals surface area contributed by atoms with E-state index in [1.165, 1.54) is 4.90 Å². The third kappa shape index (κ3) is 4.93. The minimum atomic E-state index is -0.789. The molecule has 0 spiro atoms. The molecular formula is C28H27N3O6. The largest absolute Gasteiger partial charge is 0.507 e. The Hall–Kier alpha value is -4.53. The van der Waals surface area contributed by atoms with Crippen LogP contribution >= 0.6 is 0 Å². The molecule has 2 aromatic carbocycles. The molecule has 1 aromatic heterocycles. The maximum Gasteiger partial charge on any atom is 0.295 e. The van der Waals surface area contributed by atoms with Crippen molar-refractivity contribution in [1.29, 1.82) is 0 Å². The highest BCUT2D eigenvalue weighted by Gasteiger charge is 2.46. The molecule has 9 heteroatoms. The van der Waals surface area contributed by atoms with Crippen LogP contribution in [-0.2, 0) is 16.1 Å². The number of aromatic nitrogens is 2. The van der Waals surface area contributed by atoms with E-state index in [1.54, 1.807) is 55.0 Å². The second kappa shape index (κ2) is 10.6. The van der Waals surface area contributed by atoms with Crippen LogP contribution in [-0.4, -0.2) is 57.6 Å². The summed E-state index contributed by atoms with van der Waals surface area (Å²) >= 11 is 0. The Morgan fingerprint density at radius 1 is 1.14 bits per heavy atom. The van der Waals surface area contributed by atoms with Crippen LogP contribution in [0.5, 0.6) is 17.2 Å². The van der Waals surface area contributed by atoms with Crippen LogP contribution in [0.3, 0.4) is 0 Å². The van der Waals surface area contributed by atoms with E-state index in [0.717, 1.165) is 0 Å². The molecule has 190 valence electrons. The smallest absolute Gasteiger partial charge is 0.295 e. The summed E-state index contributed by atoms with van der Waals surface area (Å²) in [6, 6.07) is 11.3. The fourth-order valence-electron chi connectivity index (χ4n) is 4.58. The molecule has 1 atom stereocenters. The number of ether oxygens (including phenoxy) is 3. The van der Waals surface area contributed by atoms with Crippen molar-refractivity contribution in [2.75, 3.05) is 26.4 Å². The summed E-state index contributed by atoms with van der Waals surface area (Å²) < 4.78 is 18.8. The van der Waals surface area contributed by atoms with E-state index in [0.29, 0.717) is 67.7 Å². The maximum atomic E-state index is 13.3. The molecular weight excluding hydrogens is 474 g/mol. The molecule has 3 heterocycles. The van der Waals surface area contributed by atoms with Crippen molar-refractivity contribution in [2.45, 2.75) is 19.0 Å². The zero-order valence-electron chi connectivity index (χ0n) is 20.2. The molecule has 0 aliphatic carbocycles. The van der Waals surface area contributed by atoms with Gasteiger partial charge in [0.15, 0.2) is 11.5 Å². The summed E-state index contributed by atoms with van der Waals surface area (Å²) in [5.41, 5.74) is 1.04. The van der Waals surface area contributed by atoms with Gasteiger partial charge in [0, 0.05) is 31.0 Å². The molecule has 1 unspecified atom stereocenters. The SMILES string of the molecule is C=CCOc1cccc(C2/C(=C(\O)c3ccc4c(c3)OCCO4)C(=O)C(=O)N2CCCn2ccnc2)c1. The van der Waals surface area contributed by atoms with E-state index in [-0.39, 0.29) is 11.3 Å². The lowest BCUT2D eigenvalue weighted by Gasteiger charge is -2.26. The van der Waals surface area contributed by atoms with Gasteiger partial charge in [-0.25, -0.2) is 4.98 Å². The van der Waals surface area contributed by atoms with Crippen LogP contribution in [0.4, 0.5) is 0 Å². The van der Waals surface area contributed by atoms with Gasteiger partial charge >= 0.3 is 0 Å². The third-order valence-corrected chi connectivity index (χ3v) is 6.27. The Balaban J connectivity index is 1.54. The predicted octanol–water partition coefficient (Wildman–Crippen LogP) is 3.73. The molecule has 1 amide bonds. The number of amides is 1. The highest BCUT2D eigenvalue weighted by atomic mass is 16.6. The normalized spacial score (nSPS) is 18.2. The van der Waals surface area contributed by atoms with E-state index < -0.39 is 17.7 Å². The summed E-state index contributed by atoms with van der Waals surface area (Å²) in [6.07, 6.45) is 7.46. The number of hydrogen-bond donors (Lipinski definition) is 1. The van der Waals surface area contributed by atoms with Crippen molar-refractivity contribution in [3.63, 3.8) is 0 Å². The Morgan fingerprint density at radius 2 is 1.97 bits per heavy atom. The Bertz CT molecular complexity index is 1350. The quantitative estimate of drug-likeness (QED) is 0.206. The molecule has 0 bridgehead atoms. The number of Topliss-reactive ketones (excluding diaryl/α,β-unsaturated/α-hetero) is 1. The molecule has 37 heavy (non-hydrogen) atoms. The molecule has 1 saturated heterocycles. The molecule has 9 nitrogen and oxygen atoms in total. The van der Waals surface area contributed by atoms with Crippen molar-refractivity contribution in [2.24, 2.45) is 0 Å². The number of rotatable bonds is 9. The van der Waals surface area contributed by atoms with Crippen molar-refractivity contribution in [3.05, 3.63) is 90.5 Å². The zero-order chi connectivity index (χ0) is 25.8. The Labute approximate surface area is 214 Å². The third-order valence-electron chi connectivity index (χ3n) is 6.27. The lowest BCUT2D eigenvalue weighted by atomic mass is 9.95. The molecule has 0 saturated carbocycles. The number of imidazole rings is 1. The molecule has 5 rings (SSSR count). The number of nitrogens with zero attached hydrogens (tertiary/aromatic N) is 3. The maximum absolute atomic E-state index is 13.3. The van der Waals surface area contributed by atoms with E-state index in [2.05, 4.69) is 11.6 Å². The minimum Gasteiger partial charge on any atom is -0.507 e. The second-order valence-corrected chi connectivity index (χ2v) is 8.68. The predicted molar refractivity (Wildman–Crippen MR) is 135 cm³/mol. The molecule has 2 aliphatic rings.